The number of aromatic nitrogens is 1. The molecule has 0 radical (unpaired) electrons. The summed E-state index contributed by atoms with van der Waals surface area (Å²) in [6, 6.07) is 1.91. The van der Waals surface area contributed by atoms with Crippen LogP contribution < -0.4 is 5.19 Å². The molecule has 0 saturated heterocycles. The average molecular weight is 282 g/mol. The summed E-state index contributed by atoms with van der Waals surface area (Å²) in [6.45, 7) is 12.4. The quantitative estimate of drug-likeness (QED) is 0.679. The highest BCUT2D eigenvalue weighted by atomic mass is 32.1. The largest absolute Gasteiger partial charge is 0.506 e. The number of thiocarbonyl (C=S) groups is 1. The van der Waals surface area contributed by atoms with E-state index in [1.807, 2.05) is 11.0 Å². The second kappa shape index (κ2) is 5.80. The molecule has 0 amide bonds. The molecule has 0 aliphatic rings. The SMILES string of the molecule is CCN(CC)C(=S)c1nccc([Si](C)(C)C)c1O. The molecule has 0 atom stereocenters. The zero-order valence-corrected chi connectivity index (χ0v) is 13.6. The topological polar surface area (TPSA) is 36.4 Å². The molecule has 0 saturated carbocycles. The lowest BCUT2D eigenvalue weighted by atomic mass is 10.3. The Balaban J connectivity index is 3.23. The Labute approximate surface area is 116 Å². The van der Waals surface area contributed by atoms with Crippen LogP contribution in [0.3, 0.4) is 0 Å². The van der Waals surface area contributed by atoms with Crippen molar-refractivity contribution in [2.45, 2.75) is 33.5 Å². The van der Waals surface area contributed by atoms with Gasteiger partial charge < -0.3 is 10.0 Å². The van der Waals surface area contributed by atoms with Crippen LogP contribution >= 0.6 is 12.2 Å². The second-order valence-corrected chi connectivity index (χ2v) is 10.7. The molecule has 18 heavy (non-hydrogen) atoms. The van der Waals surface area contributed by atoms with Crippen molar-refractivity contribution in [2.24, 2.45) is 0 Å². The van der Waals surface area contributed by atoms with Crippen molar-refractivity contribution in [3.05, 3.63) is 18.0 Å². The standard InChI is InChI=1S/C13H22N2OSSi/c1-6-15(7-2)13(17)11-12(16)10(8-9-14-11)18(3,4)5/h8-9,16H,6-7H2,1-5H3. The maximum absolute atomic E-state index is 10.4. The Morgan fingerprint density at radius 1 is 1.33 bits per heavy atom. The summed E-state index contributed by atoms with van der Waals surface area (Å²) in [5, 5.41) is 11.4. The van der Waals surface area contributed by atoms with Crippen LogP contribution in [-0.4, -0.2) is 41.1 Å². The van der Waals surface area contributed by atoms with Crippen LogP contribution in [-0.2, 0) is 0 Å². The van der Waals surface area contributed by atoms with Gasteiger partial charge in [-0.3, -0.25) is 0 Å². The third-order valence-electron chi connectivity index (χ3n) is 2.99. The lowest BCUT2D eigenvalue weighted by molar-refractivity contribution is 0.456. The van der Waals surface area contributed by atoms with Gasteiger partial charge in [-0.2, -0.15) is 0 Å². The molecule has 0 aromatic carbocycles. The van der Waals surface area contributed by atoms with E-state index < -0.39 is 8.07 Å². The Kier molecular flexibility index (Phi) is 4.87. The van der Waals surface area contributed by atoms with Gasteiger partial charge in [-0.15, -0.1) is 0 Å². The van der Waals surface area contributed by atoms with E-state index in [0.29, 0.717) is 10.7 Å². The first-order valence-electron chi connectivity index (χ1n) is 6.30. The van der Waals surface area contributed by atoms with Crippen molar-refractivity contribution < 1.29 is 5.11 Å². The summed E-state index contributed by atoms with van der Waals surface area (Å²) in [5.41, 5.74) is 0.550. The molecule has 0 fully saturated rings. The molecule has 0 aliphatic carbocycles. The minimum atomic E-state index is -1.58. The van der Waals surface area contributed by atoms with Crippen molar-refractivity contribution in [1.29, 1.82) is 0 Å². The van der Waals surface area contributed by atoms with Crippen LogP contribution in [0.2, 0.25) is 19.6 Å². The molecule has 1 N–H and O–H groups in total. The lowest BCUT2D eigenvalue weighted by Gasteiger charge is -2.24. The van der Waals surface area contributed by atoms with E-state index in [4.69, 9.17) is 12.2 Å². The Morgan fingerprint density at radius 2 is 1.89 bits per heavy atom. The van der Waals surface area contributed by atoms with Crippen LogP contribution in [0.25, 0.3) is 0 Å². The van der Waals surface area contributed by atoms with E-state index in [1.165, 1.54) is 0 Å². The molecule has 5 heteroatoms. The second-order valence-electron chi connectivity index (χ2n) is 5.28. The third kappa shape index (κ3) is 3.08. The van der Waals surface area contributed by atoms with Gasteiger partial charge in [-0.25, -0.2) is 4.98 Å². The average Bonchev–Trinajstić information content (AvgIpc) is 2.29. The predicted molar refractivity (Wildman–Crippen MR) is 83.5 cm³/mol. The van der Waals surface area contributed by atoms with Gasteiger partial charge in [-0.05, 0) is 25.1 Å². The zero-order chi connectivity index (χ0) is 13.9. The summed E-state index contributed by atoms with van der Waals surface area (Å²) < 4.78 is 0. The normalized spacial score (nSPS) is 11.4. The number of hydrogen-bond acceptors (Lipinski definition) is 3. The zero-order valence-electron chi connectivity index (χ0n) is 11.8. The number of hydrogen-bond donors (Lipinski definition) is 1. The molecule has 0 spiro atoms. The number of nitrogens with zero attached hydrogens (tertiary/aromatic N) is 2. The molecular weight excluding hydrogens is 260 g/mol. The monoisotopic (exact) mass is 282 g/mol. The van der Waals surface area contributed by atoms with Gasteiger partial charge in [0.2, 0.25) is 0 Å². The van der Waals surface area contributed by atoms with Crippen LogP contribution in [0.15, 0.2) is 12.3 Å². The van der Waals surface area contributed by atoms with E-state index in [2.05, 4.69) is 38.5 Å². The molecule has 0 bridgehead atoms. The van der Waals surface area contributed by atoms with E-state index in [1.54, 1.807) is 6.20 Å². The molecule has 1 aromatic heterocycles. The van der Waals surface area contributed by atoms with Crippen LogP contribution in [0.1, 0.15) is 19.5 Å². The van der Waals surface area contributed by atoms with Crippen molar-refractivity contribution in [2.75, 3.05) is 13.1 Å². The van der Waals surface area contributed by atoms with Crippen molar-refractivity contribution in [3.63, 3.8) is 0 Å². The maximum Gasteiger partial charge on any atom is 0.143 e. The molecule has 3 nitrogen and oxygen atoms in total. The third-order valence-corrected chi connectivity index (χ3v) is 5.46. The number of rotatable bonds is 4. The minimum absolute atomic E-state index is 0.272. The Morgan fingerprint density at radius 3 is 2.33 bits per heavy atom. The van der Waals surface area contributed by atoms with Gasteiger partial charge in [0, 0.05) is 19.3 Å². The molecule has 0 unspecified atom stereocenters. The molecular formula is C13H22N2OSSi. The number of aromatic hydroxyl groups is 1. The van der Waals surface area contributed by atoms with Gasteiger partial charge in [-0.1, -0.05) is 31.9 Å². The highest BCUT2D eigenvalue weighted by Gasteiger charge is 2.24. The highest BCUT2D eigenvalue weighted by molar-refractivity contribution is 7.80. The first-order valence-corrected chi connectivity index (χ1v) is 10.2. The van der Waals surface area contributed by atoms with E-state index in [9.17, 15) is 5.11 Å². The van der Waals surface area contributed by atoms with Crippen molar-refractivity contribution in [1.82, 2.24) is 9.88 Å². The van der Waals surface area contributed by atoms with Crippen LogP contribution in [0, 0.1) is 0 Å². The Bertz CT molecular complexity index is 439. The molecule has 100 valence electrons. The van der Waals surface area contributed by atoms with Crippen molar-refractivity contribution in [3.8, 4) is 5.75 Å². The first-order chi connectivity index (χ1) is 8.32. The fourth-order valence-electron chi connectivity index (χ4n) is 1.88. The van der Waals surface area contributed by atoms with Gasteiger partial charge in [0.05, 0.1) is 8.07 Å². The van der Waals surface area contributed by atoms with Gasteiger partial charge in [0.15, 0.2) is 0 Å². The Hall–Kier alpha value is -0.943. The van der Waals surface area contributed by atoms with Crippen LogP contribution in [0.5, 0.6) is 5.75 Å². The maximum atomic E-state index is 10.4. The van der Waals surface area contributed by atoms with Crippen LogP contribution in [0.4, 0.5) is 0 Å². The highest BCUT2D eigenvalue weighted by Crippen LogP contribution is 2.18. The predicted octanol–water partition coefficient (Wildman–Crippen LogP) is 2.35. The lowest BCUT2D eigenvalue weighted by Crippen LogP contribution is -2.39. The molecule has 1 heterocycles. The van der Waals surface area contributed by atoms with Gasteiger partial charge in [0.25, 0.3) is 0 Å². The minimum Gasteiger partial charge on any atom is -0.506 e. The number of pyridine rings is 1. The summed E-state index contributed by atoms with van der Waals surface area (Å²) in [5.74, 6) is 0.272. The van der Waals surface area contributed by atoms with Gasteiger partial charge in [0.1, 0.15) is 16.4 Å². The first kappa shape index (κ1) is 15.1. The van der Waals surface area contributed by atoms with E-state index in [-0.39, 0.29) is 5.75 Å². The summed E-state index contributed by atoms with van der Waals surface area (Å²) in [7, 11) is -1.58. The molecule has 1 aromatic rings. The summed E-state index contributed by atoms with van der Waals surface area (Å²) in [4.78, 5) is 6.93. The smallest absolute Gasteiger partial charge is 0.143 e. The fraction of sp³-hybridized carbons (Fsp3) is 0.538. The van der Waals surface area contributed by atoms with Gasteiger partial charge >= 0.3 is 0 Å². The fourth-order valence-corrected chi connectivity index (χ4v) is 3.69. The van der Waals surface area contributed by atoms with E-state index in [0.717, 1.165) is 18.3 Å². The molecule has 0 aliphatic heterocycles. The van der Waals surface area contributed by atoms with Crippen molar-refractivity contribution >= 4 is 30.5 Å². The summed E-state index contributed by atoms with van der Waals surface area (Å²) >= 11 is 5.43. The molecule has 1 rings (SSSR count). The summed E-state index contributed by atoms with van der Waals surface area (Å²) in [6.07, 6.45) is 1.75. The van der Waals surface area contributed by atoms with E-state index >= 15 is 0 Å².